The molecule has 6 nitrogen and oxygen atoms in total. The van der Waals surface area contributed by atoms with E-state index in [2.05, 4.69) is 0 Å². The Balaban J connectivity index is 1.99. The van der Waals surface area contributed by atoms with Gasteiger partial charge in [-0.3, -0.25) is 9.48 Å². The van der Waals surface area contributed by atoms with Crippen LogP contribution in [0.25, 0.3) is 22.3 Å². The lowest BCUT2D eigenvalue weighted by Crippen LogP contribution is -2.27. The monoisotopic (exact) mass is 412 g/mol. The molecular weight excluding hydrogens is 392 g/mol. The van der Waals surface area contributed by atoms with Crippen LogP contribution in [-0.2, 0) is 13.1 Å². The van der Waals surface area contributed by atoms with E-state index in [0.717, 1.165) is 35.1 Å². The van der Waals surface area contributed by atoms with Crippen LogP contribution in [0.3, 0.4) is 0 Å². The van der Waals surface area contributed by atoms with Crippen LogP contribution in [0, 0.1) is 13.8 Å². The third-order valence-corrected chi connectivity index (χ3v) is 5.69. The second-order valence-corrected chi connectivity index (χ2v) is 7.68. The van der Waals surface area contributed by atoms with Gasteiger partial charge >= 0.3 is 6.16 Å². The van der Waals surface area contributed by atoms with E-state index in [9.17, 15) is 14.7 Å². The highest BCUT2D eigenvalue weighted by Gasteiger charge is 2.28. The molecule has 0 amide bonds. The Morgan fingerprint density at radius 1 is 1.00 bits per heavy atom. The van der Waals surface area contributed by atoms with Gasteiger partial charge < -0.3 is 9.84 Å². The van der Waals surface area contributed by atoms with E-state index in [1.54, 1.807) is 9.36 Å². The Hall–Kier alpha value is -2.99. The number of ether oxygens (including phenoxy) is 1. The van der Waals surface area contributed by atoms with Crippen molar-refractivity contribution in [3.05, 3.63) is 62.9 Å². The molecule has 3 aromatic rings. The molecule has 1 N–H and O–H groups in total. The maximum Gasteiger partial charge on any atom is 0.512 e. The Morgan fingerprint density at radius 3 is 2.31 bits per heavy atom. The van der Waals surface area contributed by atoms with Crippen molar-refractivity contribution in [3.63, 3.8) is 0 Å². The third-order valence-electron chi connectivity index (χ3n) is 5.44. The molecule has 2 aromatic carbocycles. The Labute approximate surface area is 172 Å². The molecule has 0 unspecified atom stereocenters. The Morgan fingerprint density at radius 2 is 1.66 bits per heavy atom. The van der Waals surface area contributed by atoms with Crippen molar-refractivity contribution >= 4 is 17.8 Å². The molecule has 0 bridgehead atoms. The summed E-state index contributed by atoms with van der Waals surface area (Å²) in [7, 11) is 0. The zero-order chi connectivity index (χ0) is 20.7. The number of rotatable bonds is 3. The van der Waals surface area contributed by atoms with E-state index >= 15 is 0 Å². The van der Waals surface area contributed by atoms with Crippen LogP contribution in [0.1, 0.15) is 24.0 Å². The second-order valence-electron chi connectivity index (χ2n) is 7.24. The third kappa shape index (κ3) is 3.34. The van der Waals surface area contributed by atoms with Crippen molar-refractivity contribution in [2.75, 3.05) is 0 Å². The molecule has 0 aliphatic carbocycles. The molecule has 0 radical (unpaired) electrons. The number of carbonyl (C=O) groups is 1. The maximum atomic E-state index is 13.3. The highest BCUT2D eigenvalue weighted by atomic mass is 35.5. The minimum Gasteiger partial charge on any atom is -0.449 e. The van der Waals surface area contributed by atoms with E-state index in [1.165, 1.54) is 0 Å². The van der Waals surface area contributed by atoms with Gasteiger partial charge in [0.05, 0.1) is 0 Å². The van der Waals surface area contributed by atoms with Gasteiger partial charge in [-0.25, -0.2) is 9.48 Å². The molecule has 7 heteroatoms. The fourth-order valence-electron chi connectivity index (χ4n) is 4.11. The van der Waals surface area contributed by atoms with E-state index in [0.29, 0.717) is 29.2 Å². The fraction of sp³-hybridized carbons (Fsp3) is 0.273. The summed E-state index contributed by atoms with van der Waals surface area (Å²) >= 11 is 6.02. The Kier molecular flexibility index (Phi) is 4.96. The van der Waals surface area contributed by atoms with Crippen LogP contribution in [0.4, 0.5) is 4.79 Å². The zero-order valence-corrected chi connectivity index (χ0v) is 17.0. The summed E-state index contributed by atoms with van der Waals surface area (Å²) in [6, 6.07) is 11.4. The number of halogens is 1. The van der Waals surface area contributed by atoms with Gasteiger partial charge in [0.2, 0.25) is 5.88 Å². The minimum absolute atomic E-state index is 0.0988. The van der Waals surface area contributed by atoms with Gasteiger partial charge in [-0.1, -0.05) is 35.9 Å². The average Bonchev–Trinajstić information content (AvgIpc) is 2.95. The minimum atomic E-state index is -1.43. The van der Waals surface area contributed by atoms with E-state index in [4.69, 9.17) is 16.3 Å². The van der Waals surface area contributed by atoms with Crippen molar-refractivity contribution < 1.29 is 14.6 Å². The highest BCUT2D eigenvalue weighted by Crippen LogP contribution is 2.38. The van der Waals surface area contributed by atoms with Gasteiger partial charge in [0.25, 0.3) is 5.56 Å². The maximum absolute atomic E-state index is 13.3. The first-order chi connectivity index (χ1) is 13.9. The lowest BCUT2D eigenvalue weighted by atomic mass is 9.90. The van der Waals surface area contributed by atoms with Crippen LogP contribution in [0.2, 0.25) is 5.02 Å². The quantitative estimate of drug-likeness (QED) is 0.607. The molecular formula is C22H21ClN2O4. The number of fused-ring (bicyclic) bond motifs is 1. The van der Waals surface area contributed by atoms with E-state index < -0.39 is 6.16 Å². The topological polar surface area (TPSA) is 73.5 Å². The Bertz CT molecular complexity index is 1160. The summed E-state index contributed by atoms with van der Waals surface area (Å²) in [5, 5.41) is 9.93. The predicted octanol–water partition coefficient (Wildman–Crippen LogP) is 5.10. The molecule has 1 aromatic heterocycles. The zero-order valence-electron chi connectivity index (χ0n) is 16.2. The molecule has 0 saturated heterocycles. The van der Waals surface area contributed by atoms with Crippen molar-refractivity contribution in [2.24, 2.45) is 0 Å². The lowest BCUT2D eigenvalue weighted by molar-refractivity contribution is 0.137. The van der Waals surface area contributed by atoms with Crippen molar-refractivity contribution in [1.29, 1.82) is 0 Å². The number of aryl methyl sites for hydroxylation is 1. The van der Waals surface area contributed by atoms with Gasteiger partial charge in [-0.05, 0) is 66.6 Å². The summed E-state index contributed by atoms with van der Waals surface area (Å²) in [5.41, 5.74) is 4.50. The van der Waals surface area contributed by atoms with E-state index in [1.807, 2.05) is 50.2 Å². The average molecular weight is 413 g/mol. The molecule has 2 heterocycles. The highest BCUT2D eigenvalue weighted by molar-refractivity contribution is 6.30. The lowest BCUT2D eigenvalue weighted by Gasteiger charge is -2.18. The number of nitrogens with zero attached hydrogens (tertiary/aromatic N) is 2. The molecule has 0 spiro atoms. The largest absolute Gasteiger partial charge is 0.512 e. The van der Waals surface area contributed by atoms with Gasteiger partial charge in [0.1, 0.15) is 5.56 Å². The summed E-state index contributed by atoms with van der Waals surface area (Å²) in [6.45, 7) is 4.95. The van der Waals surface area contributed by atoms with Crippen LogP contribution in [-0.4, -0.2) is 20.6 Å². The first-order valence-electron chi connectivity index (χ1n) is 9.49. The molecule has 0 fully saturated rings. The van der Waals surface area contributed by atoms with Crippen molar-refractivity contribution in [3.8, 4) is 28.1 Å². The number of hydrogen-bond donors (Lipinski definition) is 1. The number of benzene rings is 2. The molecule has 29 heavy (non-hydrogen) atoms. The summed E-state index contributed by atoms with van der Waals surface area (Å²) in [6.07, 6.45) is 0.312. The first-order valence-corrected chi connectivity index (χ1v) is 9.87. The number of aromatic nitrogens is 2. The van der Waals surface area contributed by atoms with E-state index in [-0.39, 0.29) is 11.4 Å². The van der Waals surface area contributed by atoms with Gasteiger partial charge in [-0.15, -0.1) is 0 Å². The number of carboxylic acid groups (broad SMARTS) is 1. The second kappa shape index (κ2) is 7.44. The van der Waals surface area contributed by atoms with Gasteiger partial charge in [-0.2, -0.15) is 0 Å². The summed E-state index contributed by atoms with van der Waals surface area (Å²) in [5.74, 6) is 0.0988. The fourth-order valence-corrected chi connectivity index (χ4v) is 4.24. The standard InChI is InChI=1S/C22H21ClN2O4/c1-13-5-10-17(15-6-8-16(23)9-7-15)14(2)18(13)19-20(26)24-11-3-4-12-25(24)21(19)29-22(27)28/h5-10H,3-4,11-12H2,1-2H3,(H,27,28). The summed E-state index contributed by atoms with van der Waals surface area (Å²) < 4.78 is 8.38. The van der Waals surface area contributed by atoms with Crippen LogP contribution < -0.4 is 10.3 Å². The number of hydrogen-bond acceptors (Lipinski definition) is 3. The van der Waals surface area contributed by atoms with Crippen molar-refractivity contribution in [2.45, 2.75) is 39.8 Å². The molecule has 4 rings (SSSR count). The molecule has 0 saturated carbocycles. The van der Waals surface area contributed by atoms with Crippen LogP contribution in [0.5, 0.6) is 5.88 Å². The molecule has 1 aliphatic heterocycles. The van der Waals surface area contributed by atoms with Gasteiger partial charge in [0, 0.05) is 18.1 Å². The van der Waals surface area contributed by atoms with Crippen molar-refractivity contribution in [1.82, 2.24) is 9.36 Å². The van der Waals surface area contributed by atoms with Crippen LogP contribution in [0.15, 0.2) is 41.2 Å². The molecule has 0 atom stereocenters. The predicted molar refractivity (Wildman–Crippen MR) is 112 cm³/mol. The molecule has 150 valence electrons. The summed E-state index contributed by atoms with van der Waals surface area (Å²) in [4.78, 5) is 24.6. The van der Waals surface area contributed by atoms with Crippen LogP contribution >= 0.6 is 11.6 Å². The SMILES string of the molecule is Cc1ccc(-c2ccc(Cl)cc2)c(C)c1-c1c(OC(=O)O)n2n(c1=O)CCCC2. The smallest absolute Gasteiger partial charge is 0.449 e. The van der Waals surface area contributed by atoms with Gasteiger partial charge in [0.15, 0.2) is 0 Å². The first kappa shape index (κ1) is 19.3. The normalized spacial score (nSPS) is 13.2. The molecule has 1 aliphatic rings.